The van der Waals surface area contributed by atoms with Gasteiger partial charge in [-0.3, -0.25) is 0 Å². The Bertz CT molecular complexity index is 341. The maximum atomic E-state index is 11.3. The summed E-state index contributed by atoms with van der Waals surface area (Å²) < 4.78 is 9.52. The van der Waals surface area contributed by atoms with Crippen molar-refractivity contribution in [3.63, 3.8) is 0 Å². The number of methoxy groups -OCH3 is 2. The van der Waals surface area contributed by atoms with Crippen molar-refractivity contribution in [1.29, 1.82) is 0 Å². The number of halogens is 1. The second kappa shape index (κ2) is 4.81. The molecule has 0 aliphatic carbocycles. The smallest absolute Gasteiger partial charge is 0.360 e. The molecule has 1 aromatic heterocycles. The zero-order valence-corrected chi connectivity index (χ0v) is 8.67. The number of carbonyl (C=O) groups is 1. The van der Waals surface area contributed by atoms with Gasteiger partial charge in [-0.05, 0) is 12.1 Å². The largest absolute Gasteiger partial charge is 0.494 e. The van der Waals surface area contributed by atoms with E-state index in [-0.39, 0.29) is 11.6 Å². The molecule has 0 fully saturated rings. The van der Waals surface area contributed by atoms with Crippen LogP contribution < -0.4 is 4.74 Å². The van der Waals surface area contributed by atoms with E-state index in [0.717, 1.165) is 0 Å². The van der Waals surface area contributed by atoms with Crippen LogP contribution in [-0.2, 0) is 10.6 Å². The van der Waals surface area contributed by atoms with Crippen LogP contribution in [0.1, 0.15) is 16.2 Å². The van der Waals surface area contributed by atoms with Crippen LogP contribution in [0.4, 0.5) is 0 Å². The molecule has 76 valence electrons. The Balaban J connectivity index is 3.14. The summed E-state index contributed by atoms with van der Waals surface area (Å²) in [6.45, 7) is 0. The molecule has 14 heavy (non-hydrogen) atoms. The van der Waals surface area contributed by atoms with Crippen molar-refractivity contribution in [2.24, 2.45) is 0 Å². The van der Waals surface area contributed by atoms with Gasteiger partial charge in [-0.1, -0.05) is 0 Å². The molecule has 0 aliphatic rings. The normalized spacial score (nSPS) is 9.64. The Morgan fingerprint density at radius 2 is 2.21 bits per heavy atom. The van der Waals surface area contributed by atoms with Crippen molar-refractivity contribution in [2.75, 3.05) is 14.2 Å². The van der Waals surface area contributed by atoms with Gasteiger partial charge >= 0.3 is 5.97 Å². The maximum absolute atomic E-state index is 11.3. The van der Waals surface area contributed by atoms with Gasteiger partial charge in [0, 0.05) is 0 Å². The molecule has 0 spiro atoms. The van der Waals surface area contributed by atoms with Crippen LogP contribution >= 0.6 is 11.6 Å². The van der Waals surface area contributed by atoms with Gasteiger partial charge in [-0.15, -0.1) is 11.6 Å². The number of rotatable bonds is 3. The van der Waals surface area contributed by atoms with Crippen LogP contribution in [0.3, 0.4) is 0 Å². The van der Waals surface area contributed by atoms with Crippen molar-refractivity contribution < 1.29 is 14.3 Å². The molecule has 0 unspecified atom stereocenters. The summed E-state index contributed by atoms with van der Waals surface area (Å²) in [6, 6.07) is 3.33. The van der Waals surface area contributed by atoms with E-state index < -0.39 is 5.97 Å². The zero-order chi connectivity index (χ0) is 10.6. The van der Waals surface area contributed by atoms with Crippen molar-refractivity contribution in [2.45, 2.75) is 5.88 Å². The fraction of sp³-hybridized carbons (Fsp3) is 0.333. The number of pyridine rings is 1. The van der Waals surface area contributed by atoms with Gasteiger partial charge in [0.1, 0.15) is 0 Å². The molecule has 0 saturated carbocycles. The average Bonchev–Trinajstić information content (AvgIpc) is 2.27. The molecule has 1 rings (SSSR count). The summed E-state index contributed by atoms with van der Waals surface area (Å²) in [5.41, 5.74) is 0.751. The van der Waals surface area contributed by atoms with Gasteiger partial charge in [-0.2, -0.15) is 0 Å². The van der Waals surface area contributed by atoms with E-state index in [0.29, 0.717) is 11.4 Å². The van der Waals surface area contributed by atoms with E-state index in [9.17, 15) is 4.79 Å². The molecule has 0 aliphatic heterocycles. The number of ether oxygens (including phenoxy) is 2. The number of esters is 1. The molecular weight excluding hydrogens is 206 g/mol. The van der Waals surface area contributed by atoms with Gasteiger partial charge in [0.05, 0.1) is 25.8 Å². The molecular formula is C9H10ClNO3. The van der Waals surface area contributed by atoms with Crippen molar-refractivity contribution in [3.05, 3.63) is 23.5 Å². The number of hydrogen-bond donors (Lipinski definition) is 0. The first-order valence-corrected chi connectivity index (χ1v) is 4.44. The molecule has 5 heteroatoms. The first-order chi connectivity index (χ1) is 6.72. The minimum Gasteiger partial charge on any atom is -0.494 e. The number of alkyl halides is 1. The standard InChI is InChI=1S/C9H10ClNO3/c1-13-7-4-3-6(5-10)11-8(7)9(12)14-2/h3-4H,5H2,1-2H3. The minimum atomic E-state index is -0.534. The topological polar surface area (TPSA) is 48.4 Å². The second-order valence-corrected chi connectivity index (χ2v) is 2.75. The minimum absolute atomic E-state index is 0.146. The molecule has 1 aromatic rings. The summed E-state index contributed by atoms with van der Waals surface area (Å²) in [6.07, 6.45) is 0. The predicted molar refractivity (Wildman–Crippen MR) is 51.7 cm³/mol. The van der Waals surface area contributed by atoms with E-state index in [1.54, 1.807) is 12.1 Å². The average molecular weight is 216 g/mol. The third-order valence-corrected chi connectivity index (χ3v) is 1.93. The fourth-order valence-corrected chi connectivity index (χ4v) is 1.12. The van der Waals surface area contributed by atoms with Crippen LogP contribution in [-0.4, -0.2) is 25.2 Å². The molecule has 0 N–H and O–H groups in total. The van der Waals surface area contributed by atoms with E-state index in [1.165, 1.54) is 14.2 Å². The summed E-state index contributed by atoms with van der Waals surface area (Å²) in [7, 11) is 2.75. The monoisotopic (exact) mass is 215 g/mol. The molecule has 0 aromatic carbocycles. The summed E-state index contributed by atoms with van der Waals surface area (Å²) in [5, 5.41) is 0. The number of aromatic nitrogens is 1. The first-order valence-electron chi connectivity index (χ1n) is 3.91. The number of nitrogens with zero attached hydrogens (tertiary/aromatic N) is 1. The lowest BCUT2D eigenvalue weighted by molar-refractivity contribution is 0.0589. The van der Waals surface area contributed by atoms with Crippen LogP contribution in [0.15, 0.2) is 12.1 Å². The molecule has 0 atom stereocenters. The lowest BCUT2D eigenvalue weighted by Gasteiger charge is -2.06. The summed E-state index contributed by atoms with van der Waals surface area (Å²) in [4.78, 5) is 15.3. The summed E-state index contributed by atoms with van der Waals surface area (Å²) in [5.74, 6) is 0.0908. The fourth-order valence-electron chi connectivity index (χ4n) is 0.969. The van der Waals surface area contributed by atoms with Gasteiger partial charge in [0.2, 0.25) is 0 Å². The zero-order valence-electron chi connectivity index (χ0n) is 7.91. The summed E-state index contributed by atoms with van der Waals surface area (Å²) >= 11 is 5.59. The predicted octanol–water partition coefficient (Wildman–Crippen LogP) is 1.62. The highest BCUT2D eigenvalue weighted by Gasteiger charge is 2.14. The van der Waals surface area contributed by atoms with E-state index in [4.69, 9.17) is 16.3 Å². The quantitative estimate of drug-likeness (QED) is 0.568. The maximum Gasteiger partial charge on any atom is 0.360 e. The Morgan fingerprint density at radius 3 is 2.71 bits per heavy atom. The Kier molecular flexibility index (Phi) is 3.71. The third-order valence-electron chi connectivity index (χ3n) is 1.65. The van der Waals surface area contributed by atoms with Gasteiger partial charge in [-0.25, -0.2) is 9.78 Å². The van der Waals surface area contributed by atoms with Crippen LogP contribution in [0.25, 0.3) is 0 Å². The Labute approximate surface area is 86.8 Å². The van der Waals surface area contributed by atoms with Gasteiger partial charge < -0.3 is 9.47 Å². The van der Waals surface area contributed by atoms with Crippen LogP contribution in [0.2, 0.25) is 0 Å². The molecule has 0 saturated heterocycles. The lowest BCUT2D eigenvalue weighted by Crippen LogP contribution is -2.08. The molecule has 0 radical (unpaired) electrons. The van der Waals surface area contributed by atoms with Gasteiger partial charge in [0.15, 0.2) is 11.4 Å². The van der Waals surface area contributed by atoms with Crippen molar-refractivity contribution in [3.8, 4) is 5.75 Å². The van der Waals surface area contributed by atoms with Gasteiger partial charge in [0.25, 0.3) is 0 Å². The highest BCUT2D eigenvalue weighted by atomic mass is 35.5. The Hall–Kier alpha value is -1.29. The Morgan fingerprint density at radius 1 is 1.50 bits per heavy atom. The van der Waals surface area contributed by atoms with Crippen LogP contribution in [0.5, 0.6) is 5.75 Å². The number of hydrogen-bond acceptors (Lipinski definition) is 4. The van der Waals surface area contributed by atoms with E-state index in [2.05, 4.69) is 9.72 Å². The van der Waals surface area contributed by atoms with Crippen molar-refractivity contribution in [1.82, 2.24) is 4.98 Å². The molecule has 4 nitrogen and oxygen atoms in total. The SMILES string of the molecule is COC(=O)c1nc(CCl)ccc1OC. The lowest BCUT2D eigenvalue weighted by atomic mass is 10.3. The highest BCUT2D eigenvalue weighted by molar-refractivity contribution is 6.16. The molecule has 0 amide bonds. The van der Waals surface area contributed by atoms with Crippen molar-refractivity contribution >= 4 is 17.6 Å². The highest BCUT2D eigenvalue weighted by Crippen LogP contribution is 2.17. The number of carbonyl (C=O) groups excluding carboxylic acids is 1. The molecule has 0 bridgehead atoms. The first kappa shape index (κ1) is 10.8. The van der Waals surface area contributed by atoms with Crippen LogP contribution in [0, 0.1) is 0 Å². The molecule has 1 heterocycles. The van der Waals surface area contributed by atoms with E-state index in [1.807, 2.05) is 0 Å². The third kappa shape index (κ3) is 2.14. The van der Waals surface area contributed by atoms with E-state index >= 15 is 0 Å². The second-order valence-electron chi connectivity index (χ2n) is 2.48.